The van der Waals surface area contributed by atoms with E-state index < -0.39 is 5.97 Å². The van der Waals surface area contributed by atoms with Gasteiger partial charge < -0.3 is 14.9 Å². The van der Waals surface area contributed by atoms with Crippen molar-refractivity contribution in [1.29, 1.82) is 0 Å². The number of piperazine rings is 1. The lowest BCUT2D eigenvalue weighted by Crippen LogP contribution is -2.45. The summed E-state index contributed by atoms with van der Waals surface area (Å²) in [5, 5.41) is 9.75. The minimum absolute atomic E-state index is 0.0895. The summed E-state index contributed by atoms with van der Waals surface area (Å²) in [6.07, 6.45) is 2.71. The Hall–Kier alpha value is -0.980. The molecule has 1 N–H and O–H groups in total. The van der Waals surface area contributed by atoms with Gasteiger partial charge in [0.25, 0.3) is 0 Å². The van der Waals surface area contributed by atoms with Gasteiger partial charge in [-0.1, -0.05) is 0 Å². The topological polar surface area (TPSA) is 56.7 Å². The molecule has 0 amide bonds. The number of carboxylic acid groups (broad SMARTS) is 1. The SMILES string of the molecule is CN1CCN(CCc2ncc(CC(=O)O)s2)CC1. The molecule has 0 saturated carbocycles. The van der Waals surface area contributed by atoms with E-state index in [0.29, 0.717) is 0 Å². The first kappa shape index (κ1) is 13.5. The normalized spacial score (nSPS) is 18.1. The number of likely N-dealkylation sites (N-methyl/N-ethyl adjacent to an activating group) is 1. The van der Waals surface area contributed by atoms with E-state index in [0.717, 1.165) is 49.0 Å². The summed E-state index contributed by atoms with van der Waals surface area (Å²) in [7, 11) is 2.15. The van der Waals surface area contributed by atoms with Gasteiger partial charge in [-0.25, -0.2) is 4.98 Å². The van der Waals surface area contributed by atoms with E-state index in [1.165, 1.54) is 11.3 Å². The van der Waals surface area contributed by atoms with Crippen molar-refractivity contribution in [3.05, 3.63) is 16.1 Å². The Morgan fingerprint density at radius 3 is 2.83 bits per heavy atom. The first-order valence-corrected chi connectivity index (χ1v) is 7.01. The fourth-order valence-corrected chi connectivity index (χ4v) is 2.92. The minimum Gasteiger partial charge on any atom is -0.481 e. The number of aromatic nitrogens is 1. The van der Waals surface area contributed by atoms with Gasteiger partial charge in [0.05, 0.1) is 11.4 Å². The van der Waals surface area contributed by atoms with E-state index in [9.17, 15) is 4.79 Å². The van der Waals surface area contributed by atoms with Gasteiger partial charge in [0.2, 0.25) is 0 Å². The maximum atomic E-state index is 10.6. The first-order chi connectivity index (χ1) is 8.63. The molecule has 0 unspecified atom stereocenters. The highest BCUT2D eigenvalue weighted by Gasteiger charge is 2.14. The minimum atomic E-state index is -0.788. The van der Waals surface area contributed by atoms with Crippen molar-refractivity contribution in [3.63, 3.8) is 0 Å². The van der Waals surface area contributed by atoms with Gasteiger partial charge in [0, 0.05) is 50.2 Å². The lowest BCUT2D eigenvalue weighted by Gasteiger charge is -2.32. The summed E-state index contributed by atoms with van der Waals surface area (Å²) in [5.74, 6) is -0.788. The molecule has 1 fully saturated rings. The number of thiazole rings is 1. The summed E-state index contributed by atoms with van der Waals surface area (Å²) < 4.78 is 0. The van der Waals surface area contributed by atoms with Crippen LogP contribution in [0.5, 0.6) is 0 Å². The Morgan fingerprint density at radius 1 is 1.44 bits per heavy atom. The van der Waals surface area contributed by atoms with Crippen LogP contribution >= 0.6 is 11.3 Å². The molecule has 0 atom stereocenters. The molecule has 1 aliphatic heterocycles. The van der Waals surface area contributed by atoms with E-state index in [1.54, 1.807) is 6.20 Å². The molecule has 0 spiro atoms. The van der Waals surface area contributed by atoms with Crippen LogP contribution in [0.3, 0.4) is 0 Å². The third-order valence-electron chi connectivity index (χ3n) is 3.16. The van der Waals surface area contributed by atoms with E-state index in [1.807, 2.05) is 0 Å². The van der Waals surface area contributed by atoms with E-state index >= 15 is 0 Å². The molecule has 1 saturated heterocycles. The molecular formula is C12H19N3O2S. The Morgan fingerprint density at radius 2 is 2.17 bits per heavy atom. The van der Waals surface area contributed by atoms with Gasteiger partial charge >= 0.3 is 5.97 Å². The largest absolute Gasteiger partial charge is 0.481 e. The zero-order chi connectivity index (χ0) is 13.0. The second-order valence-electron chi connectivity index (χ2n) is 4.69. The molecule has 1 aromatic heterocycles. The van der Waals surface area contributed by atoms with Gasteiger partial charge in [0.1, 0.15) is 0 Å². The summed E-state index contributed by atoms with van der Waals surface area (Å²) in [5.41, 5.74) is 0. The van der Waals surface area contributed by atoms with E-state index in [-0.39, 0.29) is 6.42 Å². The molecule has 1 aromatic rings. The Balaban J connectivity index is 1.76. The number of carbonyl (C=O) groups is 1. The van der Waals surface area contributed by atoms with Crippen LogP contribution in [-0.4, -0.2) is 65.6 Å². The van der Waals surface area contributed by atoms with Crippen LogP contribution < -0.4 is 0 Å². The van der Waals surface area contributed by atoms with Crippen molar-refractivity contribution in [2.24, 2.45) is 0 Å². The standard InChI is InChI=1S/C12H19N3O2S/c1-14-4-6-15(7-5-14)3-2-11-13-9-10(18-11)8-12(16)17/h9H,2-8H2,1H3,(H,16,17). The van der Waals surface area contributed by atoms with Crippen LogP contribution in [-0.2, 0) is 17.6 Å². The molecule has 5 nitrogen and oxygen atoms in total. The number of aliphatic carboxylic acids is 1. The number of hydrogen-bond donors (Lipinski definition) is 1. The number of hydrogen-bond acceptors (Lipinski definition) is 5. The summed E-state index contributed by atoms with van der Waals surface area (Å²) >= 11 is 1.52. The highest BCUT2D eigenvalue weighted by atomic mass is 32.1. The quantitative estimate of drug-likeness (QED) is 0.846. The molecule has 2 rings (SSSR count). The average molecular weight is 269 g/mol. The van der Waals surface area contributed by atoms with Gasteiger partial charge in [-0.3, -0.25) is 4.79 Å². The number of rotatable bonds is 5. The average Bonchev–Trinajstić information content (AvgIpc) is 2.75. The zero-order valence-corrected chi connectivity index (χ0v) is 11.4. The zero-order valence-electron chi connectivity index (χ0n) is 10.6. The molecule has 1 aliphatic rings. The molecule has 6 heteroatoms. The lowest BCUT2D eigenvalue weighted by molar-refractivity contribution is -0.136. The Kier molecular flexibility index (Phi) is 4.68. The van der Waals surface area contributed by atoms with Crippen molar-refractivity contribution in [2.75, 3.05) is 39.8 Å². The van der Waals surface area contributed by atoms with Crippen molar-refractivity contribution < 1.29 is 9.90 Å². The maximum absolute atomic E-state index is 10.6. The molecule has 0 bridgehead atoms. The summed E-state index contributed by atoms with van der Waals surface area (Å²) in [4.78, 5) is 20.5. The van der Waals surface area contributed by atoms with Gasteiger partial charge in [-0.05, 0) is 7.05 Å². The maximum Gasteiger partial charge on any atom is 0.308 e. The fourth-order valence-electron chi connectivity index (χ4n) is 2.02. The molecule has 18 heavy (non-hydrogen) atoms. The van der Waals surface area contributed by atoms with Gasteiger partial charge in [-0.15, -0.1) is 11.3 Å². The molecule has 0 aromatic carbocycles. The fraction of sp³-hybridized carbons (Fsp3) is 0.667. The Bertz CT molecular complexity index is 400. The number of carboxylic acids is 1. The highest BCUT2D eigenvalue weighted by molar-refractivity contribution is 7.11. The highest BCUT2D eigenvalue weighted by Crippen LogP contribution is 2.14. The second kappa shape index (κ2) is 6.26. The van der Waals surface area contributed by atoms with Gasteiger partial charge in [-0.2, -0.15) is 0 Å². The second-order valence-corrected chi connectivity index (χ2v) is 5.89. The monoisotopic (exact) mass is 269 g/mol. The van der Waals surface area contributed by atoms with Crippen LogP contribution in [0.25, 0.3) is 0 Å². The molecule has 100 valence electrons. The third kappa shape index (κ3) is 4.04. The van der Waals surface area contributed by atoms with E-state index in [2.05, 4.69) is 21.8 Å². The lowest BCUT2D eigenvalue weighted by atomic mass is 10.3. The predicted molar refractivity (Wildman–Crippen MR) is 71.1 cm³/mol. The smallest absolute Gasteiger partial charge is 0.308 e. The van der Waals surface area contributed by atoms with Crippen molar-refractivity contribution in [2.45, 2.75) is 12.8 Å². The van der Waals surface area contributed by atoms with Crippen LogP contribution in [0.4, 0.5) is 0 Å². The molecule has 2 heterocycles. The molecule has 0 radical (unpaired) electrons. The van der Waals surface area contributed by atoms with Crippen molar-refractivity contribution in [1.82, 2.24) is 14.8 Å². The Labute approximate surface area is 111 Å². The third-order valence-corrected chi connectivity index (χ3v) is 4.22. The van der Waals surface area contributed by atoms with Crippen molar-refractivity contribution in [3.8, 4) is 0 Å². The van der Waals surface area contributed by atoms with Crippen LogP contribution in [0.2, 0.25) is 0 Å². The first-order valence-electron chi connectivity index (χ1n) is 6.20. The summed E-state index contributed by atoms with van der Waals surface area (Å²) in [6, 6.07) is 0. The van der Waals surface area contributed by atoms with Crippen molar-refractivity contribution >= 4 is 17.3 Å². The van der Waals surface area contributed by atoms with Crippen LogP contribution in [0, 0.1) is 0 Å². The molecular weight excluding hydrogens is 250 g/mol. The van der Waals surface area contributed by atoms with Gasteiger partial charge in [0.15, 0.2) is 0 Å². The summed E-state index contributed by atoms with van der Waals surface area (Å²) in [6.45, 7) is 5.51. The predicted octanol–water partition coefficient (Wildman–Crippen LogP) is 0.560. The molecule has 0 aliphatic carbocycles. The number of nitrogens with zero attached hydrogens (tertiary/aromatic N) is 3. The van der Waals surface area contributed by atoms with Crippen LogP contribution in [0.15, 0.2) is 6.20 Å². The van der Waals surface area contributed by atoms with Crippen LogP contribution in [0.1, 0.15) is 9.88 Å². The van der Waals surface area contributed by atoms with E-state index in [4.69, 9.17) is 5.11 Å².